The number of hydrazine groups is 1. The van der Waals surface area contributed by atoms with Gasteiger partial charge in [0.05, 0.1) is 6.54 Å². The smallest absolute Gasteiger partial charge is 0.223 e. The zero-order chi connectivity index (χ0) is 12.7. The van der Waals surface area contributed by atoms with Crippen LogP contribution in [0.5, 0.6) is 0 Å². The first-order valence-corrected chi connectivity index (χ1v) is 6.11. The number of nitrogens with two attached hydrogens (primary N) is 1. The van der Waals surface area contributed by atoms with Gasteiger partial charge in [0.1, 0.15) is 0 Å². The highest BCUT2D eigenvalue weighted by Gasteiger charge is 2.15. The quantitative estimate of drug-likeness (QED) is 0.276. The van der Waals surface area contributed by atoms with Crippen LogP contribution >= 0.6 is 0 Å². The number of carbonyl (C=O) groups is 1. The number of hydrogen-bond acceptors (Lipinski definition) is 3. The van der Waals surface area contributed by atoms with E-state index in [0.29, 0.717) is 25.0 Å². The fourth-order valence-corrected chi connectivity index (χ4v) is 1.88. The predicted octanol–water partition coefficient (Wildman–Crippen LogP) is -0.184. The van der Waals surface area contributed by atoms with Crippen molar-refractivity contribution in [2.24, 2.45) is 10.8 Å². The number of guanidine groups is 1. The molecule has 0 radical (unpaired) electrons. The minimum absolute atomic E-state index is 0.0750. The molecule has 0 aliphatic heterocycles. The number of nitrogens with one attached hydrogen (secondary N) is 2. The molecule has 1 fully saturated rings. The summed E-state index contributed by atoms with van der Waals surface area (Å²) in [4.78, 5) is 17.2. The van der Waals surface area contributed by atoms with Gasteiger partial charge in [-0.3, -0.25) is 15.2 Å². The molecular weight excluding hydrogens is 218 g/mol. The molecule has 4 N–H and O–H groups in total. The first kappa shape index (κ1) is 13.8. The van der Waals surface area contributed by atoms with Gasteiger partial charge in [-0.05, 0) is 12.8 Å². The maximum Gasteiger partial charge on any atom is 0.223 e. The molecule has 6 nitrogen and oxygen atoms in total. The highest BCUT2D eigenvalue weighted by molar-refractivity contribution is 5.80. The summed E-state index contributed by atoms with van der Waals surface area (Å²) < 4.78 is 0. The highest BCUT2D eigenvalue weighted by Crippen LogP contribution is 2.17. The summed E-state index contributed by atoms with van der Waals surface area (Å²) in [5, 5.41) is 3.26. The van der Waals surface area contributed by atoms with Crippen LogP contribution in [0.3, 0.4) is 0 Å². The third-order valence-electron chi connectivity index (χ3n) is 2.93. The second kappa shape index (κ2) is 7.11. The molecule has 6 heteroatoms. The monoisotopic (exact) mass is 241 g/mol. The van der Waals surface area contributed by atoms with Gasteiger partial charge in [-0.15, -0.1) is 0 Å². The molecule has 1 amide bonds. The lowest BCUT2D eigenvalue weighted by molar-refractivity contribution is -0.128. The lowest BCUT2D eigenvalue weighted by Crippen LogP contribution is -2.45. The fraction of sp³-hybridized carbons (Fsp3) is 0.818. The number of amides is 1. The van der Waals surface area contributed by atoms with E-state index in [-0.39, 0.29) is 5.91 Å². The average molecular weight is 241 g/mol. The molecule has 1 saturated carbocycles. The Labute approximate surface area is 103 Å². The molecule has 0 bridgehead atoms. The summed E-state index contributed by atoms with van der Waals surface area (Å²) >= 11 is 0. The van der Waals surface area contributed by atoms with Crippen molar-refractivity contribution in [3.05, 3.63) is 0 Å². The molecular formula is C11H23N5O. The van der Waals surface area contributed by atoms with Crippen molar-refractivity contribution in [3.8, 4) is 0 Å². The van der Waals surface area contributed by atoms with Crippen molar-refractivity contribution < 1.29 is 4.79 Å². The Morgan fingerprint density at radius 3 is 2.59 bits per heavy atom. The van der Waals surface area contributed by atoms with Crippen LogP contribution in [0, 0.1) is 0 Å². The first-order valence-electron chi connectivity index (χ1n) is 6.11. The number of nitrogens with zero attached hydrogens (tertiary/aromatic N) is 2. The van der Waals surface area contributed by atoms with Gasteiger partial charge in [0.15, 0.2) is 0 Å². The predicted molar refractivity (Wildman–Crippen MR) is 68.3 cm³/mol. The fourth-order valence-electron chi connectivity index (χ4n) is 1.88. The van der Waals surface area contributed by atoms with Gasteiger partial charge in [-0.2, -0.15) is 0 Å². The third-order valence-corrected chi connectivity index (χ3v) is 2.93. The molecule has 1 rings (SSSR count). The Kier molecular flexibility index (Phi) is 5.76. The van der Waals surface area contributed by atoms with Crippen molar-refractivity contribution in [3.63, 3.8) is 0 Å². The zero-order valence-corrected chi connectivity index (χ0v) is 10.7. The topological polar surface area (TPSA) is 82.8 Å². The number of carbonyl (C=O) groups excluding carboxylic acids is 1. The van der Waals surface area contributed by atoms with Crippen LogP contribution in [-0.2, 0) is 4.79 Å². The Balaban J connectivity index is 2.30. The number of hydrogen-bond donors (Lipinski definition) is 3. The largest absolute Gasteiger partial charge is 0.353 e. The molecule has 17 heavy (non-hydrogen) atoms. The van der Waals surface area contributed by atoms with Gasteiger partial charge in [-0.25, -0.2) is 5.84 Å². The minimum Gasteiger partial charge on any atom is -0.353 e. The summed E-state index contributed by atoms with van der Waals surface area (Å²) in [6, 6.07) is 0.467. The molecule has 0 saturated heterocycles. The van der Waals surface area contributed by atoms with Gasteiger partial charge >= 0.3 is 0 Å². The Hall–Kier alpha value is -1.30. The molecule has 0 heterocycles. The van der Waals surface area contributed by atoms with Crippen LogP contribution in [0.2, 0.25) is 0 Å². The van der Waals surface area contributed by atoms with Crippen molar-refractivity contribution in [2.75, 3.05) is 20.6 Å². The van der Waals surface area contributed by atoms with Crippen molar-refractivity contribution in [1.29, 1.82) is 0 Å². The minimum atomic E-state index is 0.0750. The Bertz CT molecular complexity index is 271. The lowest BCUT2D eigenvalue weighted by atomic mass is 10.2. The molecule has 1 aliphatic rings. The summed E-state index contributed by atoms with van der Waals surface area (Å²) in [7, 11) is 3.48. The van der Waals surface area contributed by atoms with E-state index in [1.165, 1.54) is 12.8 Å². The zero-order valence-electron chi connectivity index (χ0n) is 10.7. The Morgan fingerprint density at radius 2 is 2.06 bits per heavy atom. The molecule has 0 aromatic heterocycles. The second-order valence-corrected chi connectivity index (χ2v) is 4.54. The van der Waals surface area contributed by atoms with E-state index in [4.69, 9.17) is 5.84 Å². The van der Waals surface area contributed by atoms with E-state index in [1.54, 1.807) is 19.0 Å². The van der Waals surface area contributed by atoms with Crippen LogP contribution in [0.15, 0.2) is 4.99 Å². The summed E-state index contributed by atoms with van der Waals surface area (Å²) in [6.45, 7) is 0.455. The van der Waals surface area contributed by atoms with Crippen LogP contribution < -0.4 is 16.6 Å². The summed E-state index contributed by atoms with van der Waals surface area (Å²) in [6.07, 6.45) is 5.25. The third kappa shape index (κ3) is 5.04. The standard InChI is InChI=1S/C11H23N5O/c1-16(2)10(17)7-8-13-11(15-12)14-9-5-3-4-6-9/h9H,3-8,12H2,1-2H3,(H2,13,14,15). The molecule has 1 aliphatic carbocycles. The van der Waals surface area contributed by atoms with Crippen molar-refractivity contribution >= 4 is 11.9 Å². The normalized spacial score (nSPS) is 17.0. The van der Waals surface area contributed by atoms with Crippen molar-refractivity contribution in [2.45, 2.75) is 38.1 Å². The first-order chi connectivity index (χ1) is 8.13. The second-order valence-electron chi connectivity index (χ2n) is 4.54. The van der Waals surface area contributed by atoms with Crippen LogP contribution in [0.1, 0.15) is 32.1 Å². The van der Waals surface area contributed by atoms with Crippen LogP contribution in [-0.4, -0.2) is 43.4 Å². The van der Waals surface area contributed by atoms with E-state index < -0.39 is 0 Å². The van der Waals surface area contributed by atoms with Gasteiger partial charge in [0.25, 0.3) is 0 Å². The van der Waals surface area contributed by atoms with Gasteiger partial charge in [0, 0.05) is 26.6 Å². The van der Waals surface area contributed by atoms with Gasteiger partial charge < -0.3 is 10.2 Å². The van der Waals surface area contributed by atoms with Gasteiger partial charge in [0.2, 0.25) is 11.9 Å². The van der Waals surface area contributed by atoms with E-state index in [1.807, 2.05) is 0 Å². The SMILES string of the molecule is CN(C)C(=O)CCN=C(NN)NC1CCCC1. The van der Waals surface area contributed by atoms with Crippen LogP contribution in [0.4, 0.5) is 0 Å². The van der Waals surface area contributed by atoms with Gasteiger partial charge in [-0.1, -0.05) is 12.8 Å². The maximum atomic E-state index is 11.3. The molecule has 98 valence electrons. The molecule has 0 unspecified atom stereocenters. The molecule has 0 spiro atoms. The summed E-state index contributed by atoms with van der Waals surface area (Å²) in [5.74, 6) is 6.05. The number of aliphatic imine (C=N–C) groups is 1. The highest BCUT2D eigenvalue weighted by atomic mass is 16.2. The van der Waals surface area contributed by atoms with Crippen molar-refractivity contribution in [1.82, 2.24) is 15.6 Å². The Morgan fingerprint density at radius 1 is 1.41 bits per heavy atom. The van der Waals surface area contributed by atoms with E-state index >= 15 is 0 Å². The van der Waals surface area contributed by atoms with E-state index in [9.17, 15) is 4.79 Å². The summed E-state index contributed by atoms with van der Waals surface area (Å²) in [5.41, 5.74) is 2.55. The lowest BCUT2D eigenvalue weighted by Gasteiger charge is -2.15. The maximum absolute atomic E-state index is 11.3. The average Bonchev–Trinajstić information content (AvgIpc) is 2.80. The molecule has 0 aromatic carbocycles. The molecule has 0 atom stereocenters. The van der Waals surface area contributed by atoms with E-state index in [2.05, 4.69) is 15.7 Å². The molecule has 0 aromatic rings. The van der Waals surface area contributed by atoms with E-state index in [0.717, 1.165) is 12.8 Å². The number of rotatable bonds is 4. The van der Waals surface area contributed by atoms with Crippen LogP contribution in [0.25, 0.3) is 0 Å².